The number of halogens is 1. The van der Waals surface area contributed by atoms with Crippen molar-refractivity contribution in [1.82, 2.24) is 14.8 Å². The molecule has 0 saturated heterocycles. The number of aromatic nitrogens is 1. The fourth-order valence-corrected chi connectivity index (χ4v) is 4.76. The maximum atomic E-state index is 13.6. The zero-order valence-corrected chi connectivity index (χ0v) is 21.1. The third-order valence-corrected chi connectivity index (χ3v) is 7.07. The Kier molecular flexibility index (Phi) is 8.04. The third-order valence-electron chi connectivity index (χ3n) is 7.07. The van der Waals surface area contributed by atoms with Gasteiger partial charge in [-0.05, 0) is 74.1 Å². The molecule has 0 spiro atoms. The maximum Gasteiger partial charge on any atom is 0.259 e. The Morgan fingerprint density at radius 2 is 2.06 bits per heavy atom. The Hall–Kier alpha value is -3.26. The van der Waals surface area contributed by atoms with E-state index in [2.05, 4.69) is 11.1 Å². The number of carbonyl (C=O) groups excluding carboxylic acids is 2. The molecule has 1 aromatic heterocycles. The molecule has 1 N–H and O–H groups in total. The number of likely N-dealkylation sites (N-methyl/N-ethyl adjacent to an activating group) is 1. The minimum absolute atomic E-state index is 0.151. The van der Waals surface area contributed by atoms with Crippen LogP contribution in [0.4, 0.5) is 4.39 Å². The zero-order valence-electron chi connectivity index (χ0n) is 21.1. The second-order valence-electron chi connectivity index (χ2n) is 9.87. The van der Waals surface area contributed by atoms with Gasteiger partial charge in [-0.25, -0.2) is 9.37 Å². The van der Waals surface area contributed by atoms with Crippen LogP contribution in [0.2, 0.25) is 0 Å². The van der Waals surface area contributed by atoms with Crippen molar-refractivity contribution in [3.63, 3.8) is 0 Å². The van der Waals surface area contributed by atoms with E-state index in [9.17, 15) is 19.1 Å². The minimum Gasteiger partial charge on any atom is -0.472 e. The van der Waals surface area contributed by atoms with E-state index in [0.29, 0.717) is 17.7 Å². The number of aliphatic hydroxyl groups is 1. The summed E-state index contributed by atoms with van der Waals surface area (Å²) in [7, 11) is 1.67. The van der Waals surface area contributed by atoms with Crippen LogP contribution < -0.4 is 4.74 Å². The van der Waals surface area contributed by atoms with Gasteiger partial charge in [-0.3, -0.25) is 9.59 Å². The summed E-state index contributed by atoms with van der Waals surface area (Å²) in [5.41, 5.74) is 2.84. The van der Waals surface area contributed by atoms with E-state index < -0.39 is 11.9 Å². The molecule has 0 radical (unpaired) electrons. The topological polar surface area (TPSA) is 83.0 Å². The molecule has 2 amide bonds. The van der Waals surface area contributed by atoms with Gasteiger partial charge < -0.3 is 19.6 Å². The van der Waals surface area contributed by atoms with Crippen LogP contribution in [0.5, 0.6) is 5.88 Å². The molecule has 2 heterocycles. The largest absolute Gasteiger partial charge is 0.472 e. The van der Waals surface area contributed by atoms with Crippen LogP contribution in [0.1, 0.15) is 65.8 Å². The van der Waals surface area contributed by atoms with Crippen molar-refractivity contribution in [2.24, 2.45) is 5.92 Å². The highest BCUT2D eigenvalue weighted by molar-refractivity contribution is 5.97. The first-order valence-electron chi connectivity index (χ1n) is 12.6. The molecule has 3 atom stereocenters. The molecule has 2 aromatic rings. The van der Waals surface area contributed by atoms with Gasteiger partial charge in [0.05, 0.1) is 19.2 Å². The number of carbonyl (C=O) groups is 2. The Labute approximate surface area is 211 Å². The summed E-state index contributed by atoms with van der Waals surface area (Å²) in [6, 6.07) is 6.89. The van der Waals surface area contributed by atoms with Crippen molar-refractivity contribution in [1.29, 1.82) is 0 Å². The molecule has 36 heavy (non-hydrogen) atoms. The SMILES string of the molecule is C[C@H]1CN([C@@H](C)CO)C(=O)c2cc(C3=CCCCC3)cnc2O[C@H]1CN(C)C(=O)c1ccc(F)cc1. The van der Waals surface area contributed by atoms with Crippen LogP contribution in [0, 0.1) is 11.7 Å². The number of ether oxygens (including phenoxy) is 1. The number of amides is 2. The van der Waals surface area contributed by atoms with Gasteiger partial charge in [0.1, 0.15) is 17.5 Å². The molecular weight excluding hydrogens is 461 g/mol. The van der Waals surface area contributed by atoms with Crippen LogP contribution in [0.3, 0.4) is 0 Å². The van der Waals surface area contributed by atoms with E-state index in [-0.39, 0.29) is 42.8 Å². The Morgan fingerprint density at radius 3 is 2.72 bits per heavy atom. The molecule has 0 bridgehead atoms. The molecule has 192 valence electrons. The van der Waals surface area contributed by atoms with Gasteiger partial charge in [0, 0.05) is 31.3 Å². The summed E-state index contributed by atoms with van der Waals surface area (Å²) < 4.78 is 19.6. The number of nitrogens with zero attached hydrogens (tertiary/aromatic N) is 3. The lowest BCUT2D eigenvalue weighted by atomic mass is 9.93. The van der Waals surface area contributed by atoms with Gasteiger partial charge in [-0.15, -0.1) is 0 Å². The second kappa shape index (κ2) is 11.2. The molecule has 1 aliphatic heterocycles. The quantitative estimate of drug-likeness (QED) is 0.651. The molecule has 0 fully saturated rings. The van der Waals surface area contributed by atoms with Crippen molar-refractivity contribution < 1.29 is 23.8 Å². The highest BCUT2D eigenvalue weighted by atomic mass is 19.1. The monoisotopic (exact) mass is 495 g/mol. The first-order valence-corrected chi connectivity index (χ1v) is 12.6. The molecule has 0 saturated carbocycles. The van der Waals surface area contributed by atoms with Crippen LogP contribution in [0.15, 0.2) is 42.6 Å². The van der Waals surface area contributed by atoms with E-state index in [1.54, 1.807) is 23.0 Å². The number of fused-ring (bicyclic) bond motifs is 1. The predicted octanol–water partition coefficient (Wildman–Crippen LogP) is 4.17. The van der Waals surface area contributed by atoms with Crippen LogP contribution in [-0.2, 0) is 0 Å². The van der Waals surface area contributed by atoms with Crippen molar-refractivity contribution in [2.45, 2.75) is 51.7 Å². The maximum absolute atomic E-state index is 13.6. The van der Waals surface area contributed by atoms with Gasteiger partial charge in [0.15, 0.2) is 0 Å². The average molecular weight is 496 g/mol. The molecule has 2 aliphatic rings. The highest BCUT2D eigenvalue weighted by Crippen LogP contribution is 2.32. The normalized spacial score (nSPS) is 21.0. The standard InChI is InChI=1S/C28H34FN3O4/c1-18-15-32(19(2)17-33)28(35)24-13-22(20-7-5-4-6-8-20)14-30-26(24)36-25(18)16-31(3)27(34)21-9-11-23(29)12-10-21/h7,9-14,18-19,25,33H,4-6,8,15-17H2,1-3H3/t18-,19-,25-/m0/s1. The molecular formula is C28H34FN3O4. The number of pyridine rings is 1. The molecule has 1 aromatic carbocycles. The Bertz CT molecular complexity index is 1130. The van der Waals surface area contributed by atoms with E-state index in [1.165, 1.54) is 29.8 Å². The van der Waals surface area contributed by atoms with Crippen LogP contribution >= 0.6 is 0 Å². The van der Waals surface area contributed by atoms with Crippen molar-refractivity contribution >= 4 is 17.4 Å². The Balaban J connectivity index is 1.64. The summed E-state index contributed by atoms with van der Waals surface area (Å²) in [4.78, 5) is 34.3. The van der Waals surface area contributed by atoms with Gasteiger partial charge in [0.2, 0.25) is 5.88 Å². The number of hydrogen-bond acceptors (Lipinski definition) is 5. The predicted molar refractivity (Wildman–Crippen MR) is 135 cm³/mol. The lowest BCUT2D eigenvalue weighted by molar-refractivity contribution is 0.0313. The van der Waals surface area contributed by atoms with Crippen molar-refractivity contribution in [2.75, 3.05) is 26.7 Å². The first-order chi connectivity index (χ1) is 17.3. The Morgan fingerprint density at radius 1 is 1.31 bits per heavy atom. The van der Waals surface area contributed by atoms with E-state index in [0.717, 1.165) is 31.2 Å². The number of rotatable bonds is 6. The molecule has 1 aliphatic carbocycles. The van der Waals surface area contributed by atoms with E-state index >= 15 is 0 Å². The van der Waals surface area contributed by atoms with Gasteiger partial charge in [-0.1, -0.05) is 13.0 Å². The molecule has 7 nitrogen and oxygen atoms in total. The molecule has 0 unspecified atom stereocenters. The van der Waals surface area contributed by atoms with Gasteiger partial charge >= 0.3 is 0 Å². The lowest BCUT2D eigenvalue weighted by Gasteiger charge is -2.37. The number of allylic oxidation sites excluding steroid dienone is 2. The van der Waals surface area contributed by atoms with E-state index in [1.807, 2.05) is 19.9 Å². The summed E-state index contributed by atoms with van der Waals surface area (Å²) >= 11 is 0. The first kappa shape index (κ1) is 25.8. The zero-order chi connectivity index (χ0) is 25.8. The van der Waals surface area contributed by atoms with Crippen LogP contribution in [-0.4, -0.2) is 70.6 Å². The molecule has 8 heteroatoms. The minimum atomic E-state index is -0.452. The fourth-order valence-electron chi connectivity index (χ4n) is 4.76. The molecule has 4 rings (SSSR count). The summed E-state index contributed by atoms with van der Waals surface area (Å²) in [5, 5.41) is 9.86. The van der Waals surface area contributed by atoms with Crippen molar-refractivity contribution in [3.05, 3.63) is 65.1 Å². The number of benzene rings is 1. The second-order valence-corrected chi connectivity index (χ2v) is 9.87. The highest BCUT2D eigenvalue weighted by Gasteiger charge is 2.35. The summed E-state index contributed by atoms with van der Waals surface area (Å²) in [5.74, 6) is -0.799. The third kappa shape index (κ3) is 5.59. The number of hydrogen-bond donors (Lipinski definition) is 1. The van der Waals surface area contributed by atoms with Gasteiger partial charge in [-0.2, -0.15) is 0 Å². The smallest absolute Gasteiger partial charge is 0.259 e. The average Bonchev–Trinajstić information content (AvgIpc) is 2.90. The summed E-state index contributed by atoms with van der Waals surface area (Å²) in [6.07, 6.45) is 7.73. The lowest BCUT2D eigenvalue weighted by Crippen LogP contribution is -2.50. The fraction of sp³-hybridized carbons (Fsp3) is 0.464. The van der Waals surface area contributed by atoms with Crippen LogP contribution in [0.25, 0.3) is 5.57 Å². The van der Waals surface area contributed by atoms with Crippen molar-refractivity contribution in [3.8, 4) is 5.88 Å². The summed E-state index contributed by atoms with van der Waals surface area (Å²) in [6.45, 7) is 4.21. The van der Waals surface area contributed by atoms with Gasteiger partial charge in [0.25, 0.3) is 11.8 Å². The number of aliphatic hydroxyl groups excluding tert-OH is 1. The van der Waals surface area contributed by atoms with E-state index in [4.69, 9.17) is 4.74 Å².